The van der Waals surface area contributed by atoms with Gasteiger partial charge in [-0.15, -0.1) is 0 Å². The molecule has 1 saturated carbocycles. The lowest BCUT2D eigenvalue weighted by molar-refractivity contribution is -0.152. The van der Waals surface area contributed by atoms with E-state index in [9.17, 15) is 9.59 Å². The van der Waals surface area contributed by atoms with Gasteiger partial charge < -0.3 is 15.5 Å². The molecule has 154 valence electrons. The number of hydrogen-bond acceptors (Lipinski definition) is 3. The lowest BCUT2D eigenvalue weighted by Crippen LogP contribution is -2.72. The van der Waals surface area contributed by atoms with Crippen LogP contribution in [0, 0.1) is 11.3 Å². The SMILES string of the molecule is O=C1NCC2(CN(C(=O)[C@]3(Cc4ccccc4)C[C@@H]4CC[C@H]3N4CC3CC3)C2)N1. The summed E-state index contributed by atoms with van der Waals surface area (Å²) in [6, 6.07) is 11.4. The summed E-state index contributed by atoms with van der Waals surface area (Å²) < 4.78 is 0. The van der Waals surface area contributed by atoms with E-state index in [2.05, 4.69) is 39.8 Å². The van der Waals surface area contributed by atoms with Crippen LogP contribution >= 0.6 is 0 Å². The Labute approximate surface area is 172 Å². The number of rotatable bonds is 5. The zero-order valence-corrected chi connectivity index (χ0v) is 16.9. The first kappa shape index (κ1) is 17.8. The van der Waals surface area contributed by atoms with Crippen molar-refractivity contribution in [1.82, 2.24) is 20.4 Å². The number of hydrogen-bond donors (Lipinski definition) is 2. The van der Waals surface area contributed by atoms with Gasteiger partial charge in [0.15, 0.2) is 0 Å². The fraction of sp³-hybridized carbons (Fsp3) is 0.652. The van der Waals surface area contributed by atoms with E-state index in [0.29, 0.717) is 37.6 Å². The molecule has 1 aliphatic carbocycles. The zero-order valence-electron chi connectivity index (χ0n) is 16.9. The molecular formula is C23H30N4O2. The van der Waals surface area contributed by atoms with Crippen molar-refractivity contribution in [2.45, 2.75) is 56.1 Å². The molecule has 4 heterocycles. The quantitative estimate of drug-likeness (QED) is 0.800. The van der Waals surface area contributed by atoms with E-state index in [1.54, 1.807) is 0 Å². The van der Waals surface area contributed by atoms with Gasteiger partial charge in [-0.3, -0.25) is 9.69 Å². The van der Waals surface area contributed by atoms with E-state index in [0.717, 1.165) is 25.2 Å². The van der Waals surface area contributed by atoms with Crippen LogP contribution in [0.2, 0.25) is 0 Å². The Morgan fingerprint density at radius 2 is 1.90 bits per heavy atom. The first-order valence-electron chi connectivity index (χ1n) is 11.2. The minimum Gasteiger partial charge on any atom is -0.337 e. The molecule has 2 N–H and O–H groups in total. The molecule has 0 aromatic heterocycles. The Bertz CT molecular complexity index is 833. The standard InChI is InChI=1S/C23H30N4O2/c28-20(26-14-22(15-26)13-24-21(29)25-22)23(10-16-4-2-1-3-5-16)11-18-8-9-19(23)27(18)12-17-6-7-17/h1-5,17-19H,6-15H2,(H2,24,25,29)/t18-,19+,23+/m0/s1. The van der Waals surface area contributed by atoms with Crippen LogP contribution in [-0.2, 0) is 11.2 Å². The highest BCUT2D eigenvalue weighted by molar-refractivity contribution is 5.87. The van der Waals surface area contributed by atoms with E-state index < -0.39 is 0 Å². The highest BCUT2D eigenvalue weighted by Gasteiger charge is 2.63. The molecule has 2 bridgehead atoms. The summed E-state index contributed by atoms with van der Waals surface area (Å²) in [6.45, 7) is 3.09. The Balaban J connectivity index is 1.27. The van der Waals surface area contributed by atoms with Gasteiger partial charge in [-0.05, 0) is 50.0 Å². The van der Waals surface area contributed by atoms with Gasteiger partial charge in [0, 0.05) is 38.3 Å². The number of benzene rings is 1. The monoisotopic (exact) mass is 394 g/mol. The second-order valence-corrected chi connectivity index (χ2v) is 10.2. The van der Waals surface area contributed by atoms with Crippen LogP contribution in [0.5, 0.6) is 0 Å². The smallest absolute Gasteiger partial charge is 0.315 e. The van der Waals surface area contributed by atoms with Crippen molar-refractivity contribution in [3.8, 4) is 0 Å². The maximum Gasteiger partial charge on any atom is 0.315 e. The van der Waals surface area contributed by atoms with Crippen molar-refractivity contribution in [2.75, 3.05) is 26.2 Å². The minimum atomic E-state index is -0.309. The molecule has 0 radical (unpaired) electrons. The van der Waals surface area contributed by atoms with E-state index >= 15 is 0 Å². The summed E-state index contributed by atoms with van der Waals surface area (Å²) in [6.07, 6.45) is 6.93. The Kier molecular flexibility index (Phi) is 3.80. The number of nitrogens with one attached hydrogen (secondary N) is 2. The van der Waals surface area contributed by atoms with E-state index in [4.69, 9.17) is 0 Å². The van der Waals surface area contributed by atoms with Gasteiger partial charge >= 0.3 is 6.03 Å². The van der Waals surface area contributed by atoms with Gasteiger partial charge in [0.05, 0.1) is 11.0 Å². The van der Waals surface area contributed by atoms with E-state index in [1.807, 2.05) is 11.0 Å². The number of carbonyl (C=O) groups excluding carboxylic acids is 2. The molecule has 3 atom stereocenters. The van der Waals surface area contributed by atoms with Gasteiger partial charge in [-0.25, -0.2) is 4.79 Å². The number of fused-ring (bicyclic) bond motifs is 2. The van der Waals surface area contributed by atoms with E-state index in [-0.39, 0.29) is 17.0 Å². The molecule has 29 heavy (non-hydrogen) atoms. The molecule has 5 aliphatic rings. The third-order valence-electron chi connectivity index (χ3n) is 8.07. The van der Waals surface area contributed by atoms with Crippen molar-refractivity contribution in [1.29, 1.82) is 0 Å². The van der Waals surface area contributed by atoms with Crippen LogP contribution in [0.3, 0.4) is 0 Å². The molecule has 1 spiro atoms. The lowest BCUT2D eigenvalue weighted by Gasteiger charge is -2.51. The molecule has 4 aliphatic heterocycles. The average molecular weight is 395 g/mol. The van der Waals surface area contributed by atoms with Gasteiger partial charge in [0.25, 0.3) is 0 Å². The molecular weight excluding hydrogens is 364 g/mol. The third-order valence-corrected chi connectivity index (χ3v) is 8.07. The Morgan fingerprint density at radius 1 is 1.10 bits per heavy atom. The number of urea groups is 1. The summed E-state index contributed by atoms with van der Waals surface area (Å²) in [7, 11) is 0. The molecule has 3 amide bonds. The molecule has 6 heteroatoms. The molecule has 0 unspecified atom stereocenters. The van der Waals surface area contributed by atoms with Crippen LogP contribution < -0.4 is 10.6 Å². The highest BCUT2D eigenvalue weighted by atomic mass is 16.2. The topological polar surface area (TPSA) is 64.7 Å². The van der Waals surface area contributed by atoms with Crippen LogP contribution in [0.4, 0.5) is 4.79 Å². The van der Waals surface area contributed by atoms with Crippen molar-refractivity contribution in [3.63, 3.8) is 0 Å². The van der Waals surface area contributed by atoms with Crippen molar-refractivity contribution >= 4 is 11.9 Å². The molecule has 6 nitrogen and oxygen atoms in total. The largest absolute Gasteiger partial charge is 0.337 e. The van der Waals surface area contributed by atoms with Crippen molar-refractivity contribution in [3.05, 3.63) is 35.9 Å². The van der Waals surface area contributed by atoms with Gasteiger partial charge in [-0.2, -0.15) is 0 Å². The molecule has 4 saturated heterocycles. The first-order valence-corrected chi connectivity index (χ1v) is 11.2. The number of carbonyl (C=O) groups is 2. The predicted molar refractivity (Wildman–Crippen MR) is 109 cm³/mol. The number of likely N-dealkylation sites (tertiary alicyclic amines) is 1. The van der Waals surface area contributed by atoms with Crippen molar-refractivity contribution < 1.29 is 9.59 Å². The summed E-state index contributed by atoms with van der Waals surface area (Å²) in [4.78, 5) is 30.3. The van der Waals surface area contributed by atoms with Gasteiger partial charge in [0.1, 0.15) is 0 Å². The molecule has 1 aromatic rings. The number of nitrogens with zero attached hydrogens (tertiary/aromatic N) is 2. The van der Waals surface area contributed by atoms with Gasteiger partial charge in [0.2, 0.25) is 5.91 Å². The summed E-state index contributed by atoms with van der Waals surface area (Å²) in [5.74, 6) is 1.17. The molecule has 5 fully saturated rings. The lowest BCUT2D eigenvalue weighted by atomic mass is 9.68. The van der Waals surface area contributed by atoms with Gasteiger partial charge in [-0.1, -0.05) is 30.3 Å². The third kappa shape index (κ3) is 2.79. The molecule has 6 rings (SSSR count). The number of amides is 3. The Hall–Kier alpha value is -2.08. The average Bonchev–Trinajstić information content (AvgIpc) is 3.21. The maximum atomic E-state index is 14.0. The van der Waals surface area contributed by atoms with Crippen LogP contribution in [0.1, 0.15) is 37.7 Å². The van der Waals surface area contributed by atoms with Crippen LogP contribution in [0.25, 0.3) is 0 Å². The summed E-state index contributed by atoms with van der Waals surface area (Å²) in [5, 5.41) is 5.88. The van der Waals surface area contributed by atoms with Crippen LogP contribution in [-0.4, -0.2) is 65.5 Å². The Morgan fingerprint density at radius 3 is 2.59 bits per heavy atom. The summed E-state index contributed by atoms with van der Waals surface area (Å²) in [5.41, 5.74) is 0.717. The normalized spacial score (nSPS) is 34.9. The minimum absolute atomic E-state index is 0.105. The molecule has 1 aromatic carbocycles. The van der Waals surface area contributed by atoms with E-state index in [1.165, 1.54) is 31.4 Å². The zero-order chi connectivity index (χ0) is 19.6. The highest BCUT2D eigenvalue weighted by Crippen LogP contribution is 2.54. The fourth-order valence-corrected chi connectivity index (χ4v) is 6.55. The second kappa shape index (κ2) is 6.21. The first-order chi connectivity index (χ1) is 14.1. The van der Waals surface area contributed by atoms with Crippen LogP contribution in [0.15, 0.2) is 30.3 Å². The fourth-order valence-electron chi connectivity index (χ4n) is 6.55. The summed E-state index contributed by atoms with van der Waals surface area (Å²) >= 11 is 0. The maximum absolute atomic E-state index is 14.0. The second-order valence-electron chi connectivity index (χ2n) is 10.2. The predicted octanol–water partition coefficient (Wildman–Crippen LogP) is 1.76. The van der Waals surface area contributed by atoms with Crippen molar-refractivity contribution in [2.24, 2.45) is 11.3 Å².